The summed E-state index contributed by atoms with van der Waals surface area (Å²) in [4.78, 5) is 23.7. The molecule has 1 amide bonds. The lowest BCUT2D eigenvalue weighted by Crippen LogP contribution is -2.24. The number of benzene rings is 2. The van der Waals surface area contributed by atoms with E-state index in [2.05, 4.69) is 20.3 Å². The van der Waals surface area contributed by atoms with Gasteiger partial charge in [0.2, 0.25) is 5.91 Å². The molecule has 4 aromatic rings. The molecule has 0 radical (unpaired) electrons. The quantitative estimate of drug-likeness (QED) is 0.474. The van der Waals surface area contributed by atoms with Crippen LogP contribution >= 0.6 is 0 Å². The lowest BCUT2D eigenvalue weighted by atomic mass is 10.1. The van der Waals surface area contributed by atoms with Crippen molar-refractivity contribution in [3.8, 4) is 22.5 Å². The highest BCUT2D eigenvalue weighted by Gasteiger charge is 2.06. The molecule has 0 saturated carbocycles. The molecular weight excluding hydrogens is 362 g/mol. The number of amides is 1. The molecular formula is C23H21N5O. The van der Waals surface area contributed by atoms with Crippen LogP contribution in [0.5, 0.6) is 0 Å². The van der Waals surface area contributed by atoms with Crippen molar-refractivity contribution in [2.24, 2.45) is 0 Å². The third-order valence-electron chi connectivity index (χ3n) is 4.61. The summed E-state index contributed by atoms with van der Waals surface area (Å²) in [6.07, 6.45) is 3.75. The number of pyridine rings is 1. The molecule has 0 spiro atoms. The Kier molecular flexibility index (Phi) is 5.33. The van der Waals surface area contributed by atoms with Crippen molar-refractivity contribution in [3.63, 3.8) is 0 Å². The first-order valence-corrected chi connectivity index (χ1v) is 9.34. The molecule has 0 atom stereocenters. The van der Waals surface area contributed by atoms with Crippen LogP contribution in [-0.2, 0) is 17.8 Å². The number of imidazole rings is 1. The number of rotatable bonds is 6. The maximum atomic E-state index is 12.3. The zero-order chi connectivity index (χ0) is 20.1. The van der Waals surface area contributed by atoms with Gasteiger partial charge in [0.1, 0.15) is 0 Å². The van der Waals surface area contributed by atoms with Crippen molar-refractivity contribution < 1.29 is 4.79 Å². The van der Waals surface area contributed by atoms with Gasteiger partial charge in [0.15, 0.2) is 5.95 Å². The third-order valence-corrected chi connectivity index (χ3v) is 4.61. The van der Waals surface area contributed by atoms with Gasteiger partial charge in [-0.15, -0.1) is 0 Å². The van der Waals surface area contributed by atoms with Crippen LogP contribution < -0.4 is 11.1 Å². The Labute approximate surface area is 168 Å². The van der Waals surface area contributed by atoms with E-state index >= 15 is 0 Å². The maximum absolute atomic E-state index is 12.3. The van der Waals surface area contributed by atoms with E-state index in [9.17, 15) is 4.79 Å². The Balaban J connectivity index is 1.31. The number of carbonyl (C=O) groups is 1. The molecule has 4 rings (SSSR count). The molecule has 29 heavy (non-hydrogen) atoms. The van der Waals surface area contributed by atoms with Crippen molar-refractivity contribution in [2.75, 3.05) is 5.73 Å². The SMILES string of the molecule is Nc1ncc(-c2ccc(CNC(=O)Cc3ccc(-c4ccccc4)nc3)cc2)[nH]1. The highest BCUT2D eigenvalue weighted by Crippen LogP contribution is 2.18. The number of hydrogen-bond acceptors (Lipinski definition) is 4. The largest absolute Gasteiger partial charge is 0.369 e. The van der Waals surface area contributed by atoms with Gasteiger partial charge in [0, 0.05) is 18.3 Å². The fraction of sp³-hybridized carbons (Fsp3) is 0.0870. The smallest absolute Gasteiger partial charge is 0.224 e. The first-order chi connectivity index (χ1) is 14.2. The van der Waals surface area contributed by atoms with Crippen LogP contribution in [0.4, 0.5) is 5.95 Å². The zero-order valence-electron chi connectivity index (χ0n) is 15.8. The number of nitrogens with two attached hydrogens (primary N) is 1. The number of H-pyrrole nitrogens is 1. The number of anilines is 1. The number of hydrogen-bond donors (Lipinski definition) is 3. The van der Waals surface area contributed by atoms with E-state index in [4.69, 9.17) is 5.73 Å². The second kappa shape index (κ2) is 8.39. The zero-order valence-corrected chi connectivity index (χ0v) is 15.8. The molecule has 4 N–H and O–H groups in total. The molecule has 0 aliphatic carbocycles. The van der Waals surface area contributed by atoms with Crippen LogP contribution in [0.25, 0.3) is 22.5 Å². The first-order valence-electron chi connectivity index (χ1n) is 9.34. The van der Waals surface area contributed by atoms with Gasteiger partial charge < -0.3 is 16.0 Å². The fourth-order valence-electron chi connectivity index (χ4n) is 3.04. The Hall–Kier alpha value is -3.93. The van der Waals surface area contributed by atoms with E-state index in [1.54, 1.807) is 12.4 Å². The van der Waals surface area contributed by atoms with Crippen LogP contribution in [-0.4, -0.2) is 20.9 Å². The summed E-state index contributed by atoms with van der Waals surface area (Å²) < 4.78 is 0. The van der Waals surface area contributed by atoms with E-state index < -0.39 is 0 Å². The number of nitrogens with zero attached hydrogens (tertiary/aromatic N) is 2. The molecule has 0 aliphatic rings. The standard InChI is InChI=1S/C23H21N5O/c24-23-27-15-21(28-23)19-9-6-16(7-10-19)13-26-22(29)12-17-8-11-20(25-14-17)18-4-2-1-3-5-18/h1-11,14-15H,12-13H2,(H,26,29)(H3,24,27,28). The van der Waals surface area contributed by atoms with Gasteiger partial charge in [0.05, 0.1) is 24.0 Å². The molecule has 0 unspecified atom stereocenters. The summed E-state index contributed by atoms with van der Waals surface area (Å²) in [6, 6.07) is 21.8. The fourth-order valence-corrected chi connectivity index (χ4v) is 3.04. The van der Waals surface area contributed by atoms with Crippen molar-refractivity contribution in [3.05, 3.63) is 90.3 Å². The predicted molar refractivity (Wildman–Crippen MR) is 114 cm³/mol. The Morgan fingerprint density at radius 1 is 0.862 bits per heavy atom. The minimum absolute atomic E-state index is 0.0373. The summed E-state index contributed by atoms with van der Waals surface area (Å²) in [7, 11) is 0. The summed E-state index contributed by atoms with van der Waals surface area (Å²) in [5, 5.41) is 2.95. The van der Waals surface area contributed by atoms with Crippen molar-refractivity contribution in [1.29, 1.82) is 0 Å². The van der Waals surface area contributed by atoms with Crippen molar-refractivity contribution >= 4 is 11.9 Å². The van der Waals surface area contributed by atoms with Crippen LogP contribution in [0.3, 0.4) is 0 Å². The molecule has 2 heterocycles. The van der Waals surface area contributed by atoms with E-state index in [0.717, 1.165) is 33.6 Å². The summed E-state index contributed by atoms with van der Waals surface area (Å²) >= 11 is 0. The molecule has 6 nitrogen and oxygen atoms in total. The lowest BCUT2D eigenvalue weighted by molar-refractivity contribution is -0.120. The van der Waals surface area contributed by atoms with Gasteiger partial charge >= 0.3 is 0 Å². The average molecular weight is 383 g/mol. The van der Waals surface area contributed by atoms with Gasteiger partial charge in [-0.3, -0.25) is 9.78 Å². The van der Waals surface area contributed by atoms with Crippen LogP contribution in [0.2, 0.25) is 0 Å². The molecule has 144 valence electrons. The lowest BCUT2D eigenvalue weighted by Gasteiger charge is -2.07. The number of aromatic nitrogens is 3. The average Bonchev–Trinajstić information content (AvgIpc) is 3.20. The van der Waals surface area contributed by atoms with Gasteiger partial charge in [-0.1, -0.05) is 60.7 Å². The highest BCUT2D eigenvalue weighted by molar-refractivity contribution is 5.78. The Bertz CT molecular complexity index is 1090. The normalized spacial score (nSPS) is 10.6. The molecule has 2 aromatic carbocycles. The minimum atomic E-state index is -0.0373. The number of carbonyl (C=O) groups excluding carboxylic acids is 1. The Morgan fingerprint density at radius 2 is 1.62 bits per heavy atom. The third kappa shape index (κ3) is 4.68. The second-order valence-electron chi connectivity index (χ2n) is 6.75. The van der Waals surface area contributed by atoms with Crippen molar-refractivity contribution in [2.45, 2.75) is 13.0 Å². The summed E-state index contributed by atoms with van der Waals surface area (Å²) in [5.74, 6) is 0.354. The van der Waals surface area contributed by atoms with Crippen molar-refractivity contribution in [1.82, 2.24) is 20.3 Å². The van der Waals surface area contributed by atoms with E-state index in [0.29, 0.717) is 18.9 Å². The topological polar surface area (TPSA) is 96.7 Å². The maximum Gasteiger partial charge on any atom is 0.224 e. The molecule has 6 heteroatoms. The molecule has 0 fully saturated rings. The minimum Gasteiger partial charge on any atom is -0.369 e. The van der Waals surface area contributed by atoms with Gasteiger partial charge in [-0.2, -0.15) is 0 Å². The van der Waals surface area contributed by atoms with Crippen LogP contribution in [0.15, 0.2) is 79.1 Å². The van der Waals surface area contributed by atoms with E-state index in [1.165, 1.54) is 0 Å². The van der Waals surface area contributed by atoms with Crippen LogP contribution in [0, 0.1) is 0 Å². The molecule has 0 aliphatic heterocycles. The first kappa shape index (κ1) is 18.4. The van der Waals surface area contributed by atoms with Gasteiger partial charge in [-0.05, 0) is 22.8 Å². The second-order valence-corrected chi connectivity index (χ2v) is 6.75. The van der Waals surface area contributed by atoms with E-state index in [1.807, 2.05) is 66.7 Å². The predicted octanol–water partition coefficient (Wildman–Crippen LogP) is 3.58. The molecule has 0 saturated heterocycles. The monoisotopic (exact) mass is 383 g/mol. The number of nitrogen functional groups attached to an aromatic ring is 1. The molecule has 0 bridgehead atoms. The van der Waals surface area contributed by atoms with Gasteiger partial charge in [-0.25, -0.2) is 4.98 Å². The number of aromatic amines is 1. The Morgan fingerprint density at radius 3 is 2.28 bits per heavy atom. The highest BCUT2D eigenvalue weighted by atomic mass is 16.1. The van der Waals surface area contributed by atoms with E-state index in [-0.39, 0.29) is 5.91 Å². The van der Waals surface area contributed by atoms with Crippen LogP contribution in [0.1, 0.15) is 11.1 Å². The summed E-state index contributed by atoms with van der Waals surface area (Å²) in [5.41, 5.74) is 11.3. The summed E-state index contributed by atoms with van der Waals surface area (Å²) in [6.45, 7) is 0.472. The number of nitrogens with one attached hydrogen (secondary N) is 2. The van der Waals surface area contributed by atoms with Gasteiger partial charge in [0.25, 0.3) is 0 Å². The molecule has 2 aromatic heterocycles.